The van der Waals surface area contributed by atoms with Crippen LogP contribution in [0.15, 0.2) is 36.0 Å². The molecule has 0 atom stereocenters. The number of hydrogen-bond donors (Lipinski definition) is 2. The molecule has 1 aromatic rings. The molecule has 1 aliphatic heterocycles. The highest BCUT2D eigenvalue weighted by Crippen LogP contribution is 2.03. The van der Waals surface area contributed by atoms with E-state index in [-0.39, 0.29) is 11.5 Å². The molecule has 0 unspecified atom stereocenters. The third kappa shape index (κ3) is 6.03. The minimum absolute atomic E-state index is 0.0876. The maximum absolute atomic E-state index is 12.0. The highest BCUT2D eigenvalue weighted by Gasteiger charge is 2.12. The lowest BCUT2D eigenvalue weighted by Crippen LogP contribution is -2.41. The van der Waals surface area contributed by atoms with Crippen LogP contribution in [-0.4, -0.2) is 50.2 Å². The van der Waals surface area contributed by atoms with Gasteiger partial charge in [-0.3, -0.25) is 9.69 Å². The van der Waals surface area contributed by atoms with Crippen molar-refractivity contribution in [3.05, 3.63) is 47.2 Å². The van der Waals surface area contributed by atoms with E-state index >= 15 is 0 Å². The average molecular weight is 328 g/mol. The van der Waals surface area contributed by atoms with Crippen molar-refractivity contribution in [2.45, 2.75) is 13.5 Å². The topological polar surface area (TPSA) is 77.4 Å². The molecule has 0 radical (unpaired) electrons. The van der Waals surface area contributed by atoms with Gasteiger partial charge >= 0.3 is 0 Å². The van der Waals surface area contributed by atoms with Crippen LogP contribution < -0.4 is 10.6 Å². The summed E-state index contributed by atoms with van der Waals surface area (Å²) in [5.74, 6) is -0.345. The van der Waals surface area contributed by atoms with Crippen molar-refractivity contribution < 1.29 is 9.53 Å². The van der Waals surface area contributed by atoms with Gasteiger partial charge in [0.1, 0.15) is 11.6 Å². The van der Waals surface area contributed by atoms with Gasteiger partial charge in [-0.1, -0.05) is 29.8 Å². The van der Waals surface area contributed by atoms with Crippen LogP contribution >= 0.6 is 0 Å². The summed E-state index contributed by atoms with van der Waals surface area (Å²) in [6, 6.07) is 10.0. The Balaban J connectivity index is 1.74. The van der Waals surface area contributed by atoms with E-state index in [0.29, 0.717) is 13.1 Å². The summed E-state index contributed by atoms with van der Waals surface area (Å²) >= 11 is 0. The summed E-state index contributed by atoms with van der Waals surface area (Å²) in [5, 5.41) is 15.0. The first-order valence-corrected chi connectivity index (χ1v) is 8.16. The van der Waals surface area contributed by atoms with Gasteiger partial charge in [-0.15, -0.1) is 0 Å². The molecule has 2 N–H and O–H groups in total. The Labute approximate surface area is 143 Å². The molecule has 2 rings (SSSR count). The monoisotopic (exact) mass is 328 g/mol. The predicted molar refractivity (Wildman–Crippen MR) is 92.0 cm³/mol. The third-order valence-corrected chi connectivity index (χ3v) is 3.82. The second-order valence-corrected chi connectivity index (χ2v) is 5.75. The Morgan fingerprint density at radius 1 is 1.42 bits per heavy atom. The molecule has 0 aromatic heterocycles. The van der Waals surface area contributed by atoms with Crippen LogP contribution in [0.1, 0.15) is 11.1 Å². The number of nitriles is 1. The molecular formula is C18H24N4O2. The van der Waals surface area contributed by atoms with Gasteiger partial charge in [0.2, 0.25) is 0 Å². The Hall–Kier alpha value is -2.36. The third-order valence-electron chi connectivity index (χ3n) is 3.82. The SMILES string of the molecule is Cc1cccc(CN/C=C(/C#N)C(=O)NCCN2CCOCC2)c1. The van der Waals surface area contributed by atoms with Gasteiger partial charge in [-0.05, 0) is 12.5 Å². The average Bonchev–Trinajstić information content (AvgIpc) is 2.59. The lowest BCUT2D eigenvalue weighted by molar-refractivity contribution is -0.117. The molecule has 1 fully saturated rings. The Bertz CT molecular complexity index is 616. The van der Waals surface area contributed by atoms with Crippen LogP contribution in [0, 0.1) is 18.3 Å². The van der Waals surface area contributed by atoms with Gasteiger partial charge in [0.25, 0.3) is 5.91 Å². The highest BCUT2D eigenvalue weighted by molar-refractivity contribution is 5.97. The van der Waals surface area contributed by atoms with Gasteiger partial charge in [0, 0.05) is 38.9 Å². The van der Waals surface area contributed by atoms with Crippen LogP contribution in [-0.2, 0) is 16.1 Å². The molecule has 6 heteroatoms. The molecule has 1 saturated heterocycles. The number of nitrogens with zero attached hydrogens (tertiary/aromatic N) is 2. The normalized spacial score (nSPS) is 15.6. The Morgan fingerprint density at radius 3 is 2.92 bits per heavy atom. The van der Waals surface area contributed by atoms with Crippen LogP contribution in [0.2, 0.25) is 0 Å². The first-order chi connectivity index (χ1) is 11.7. The number of carbonyl (C=O) groups excluding carboxylic acids is 1. The minimum Gasteiger partial charge on any atom is -0.386 e. The van der Waals surface area contributed by atoms with Crippen molar-refractivity contribution in [1.82, 2.24) is 15.5 Å². The summed E-state index contributed by atoms with van der Waals surface area (Å²) in [5.41, 5.74) is 2.38. The number of morpholine rings is 1. The maximum Gasteiger partial charge on any atom is 0.263 e. The molecular weight excluding hydrogens is 304 g/mol. The number of rotatable bonds is 7. The van der Waals surface area contributed by atoms with Gasteiger partial charge in [-0.2, -0.15) is 5.26 Å². The zero-order chi connectivity index (χ0) is 17.2. The maximum atomic E-state index is 12.0. The molecule has 0 aliphatic carbocycles. The van der Waals surface area contributed by atoms with E-state index in [0.717, 1.165) is 38.4 Å². The van der Waals surface area contributed by atoms with E-state index in [1.807, 2.05) is 31.2 Å². The number of ether oxygens (including phenoxy) is 1. The largest absolute Gasteiger partial charge is 0.386 e. The van der Waals surface area contributed by atoms with E-state index in [9.17, 15) is 4.79 Å². The first kappa shape index (κ1) is 18.0. The summed E-state index contributed by atoms with van der Waals surface area (Å²) in [6.45, 7) is 7.14. The van der Waals surface area contributed by atoms with E-state index in [2.05, 4.69) is 21.6 Å². The molecule has 128 valence electrons. The van der Waals surface area contributed by atoms with Gasteiger partial charge in [-0.25, -0.2) is 0 Å². The Kier molecular flexibility index (Phi) is 7.27. The molecule has 1 aliphatic rings. The van der Waals surface area contributed by atoms with Crippen molar-refractivity contribution in [3.63, 3.8) is 0 Å². The molecule has 0 saturated carbocycles. The fourth-order valence-electron chi connectivity index (χ4n) is 2.49. The Morgan fingerprint density at radius 2 is 2.21 bits per heavy atom. The number of nitrogens with one attached hydrogen (secondary N) is 2. The molecule has 1 aromatic carbocycles. The zero-order valence-corrected chi connectivity index (χ0v) is 14.0. The van der Waals surface area contributed by atoms with Crippen molar-refractivity contribution in [3.8, 4) is 6.07 Å². The lowest BCUT2D eigenvalue weighted by atomic mass is 10.1. The van der Waals surface area contributed by atoms with Crippen molar-refractivity contribution >= 4 is 5.91 Å². The second-order valence-electron chi connectivity index (χ2n) is 5.75. The summed E-state index contributed by atoms with van der Waals surface area (Å²) in [7, 11) is 0. The minimum atomic E-state index is -0.345. The fourth-order valence-corrected chi connectivity index (χ4v) is 2.49. The summed E-state index contributed by atoms with van der Waals surface area (Å²) in [4.78, 5) is 14.3. The van der Waals surface area contributed by atoms with Gasteiger partial charge in [0.05, 0.1) is 13.2 Å². The molecule has 1 heterocycles. The van der Waals surface area contributed by atoms with Crippen molar-refractivity contribution in [2.75, 3.05) is 39.4 Å². The molecule has 1 amide bonds. The molecule has 6 nitrogen and oxygen atoms in total. The number of carbonyl (C=O) groups is 1. The molecule has 0 spiro atoms. The summed E-state index contributed by atoms with van der Waals surface area (Å²) in [6.07, 6.45) is 1.48. The number of hydrogen-bond acceptors (Lipinski definition) is 5. The number of aryl methyl sites for hydroxylation is 1. The highest BCUT2D eigenvalue weighted by atomic mass is 16.5. The summed E-state index contributed by atoms with van der Waals surface area (Å²) < 4.78 is 5.28. The van der Waals surface area contributed by atoms with Gasteiger partial charge in [0.15, 0.2) is 0 Å². The number of amides is 1. The zero-order valence-electron chi connectivity index (χ0n) is 14.0. The van der Waals surface area contributed by atoms with Crippen molar-refractivity contribution in [2.24, 2.45) is 0 Å². The van der Waals surface area contributed by atoms with Crippen LogP contribution in [0.5, 0.6) is 0 Å². The van der Waals surface area contributed by atoms with E-state index in [4.69, 9.17) is 10.00 Å². The van der Waals surface area contributed by atoms with Crippen molar-refractivity contribution in [1.29, 1.82) is 5.26 Å². The van der Waals surface area contributed by atoms with E-state index in [1.165, 1.54) is 11.8 Å². The van der Waals surface area contributed by atoms with E-state index in [1.54, 1.807) is 0 Å². The van der Waals surface area contributed by atoms with Gasteiger partial charge < -0.3 is 15.4 Å². The van der Waals surface area contributed by atoms with E-state index < -0.39 is 0 Å². The second kappa shape index (κ2) is 9.71. The van der Waals surface area contributed by atoms with Crippen LogP contribution in [0.3, 0.4) is 0 Å². The first-order valence-electron chi connectivity index (χ1n) is 8.16. The number of benzene rings is 1. The van der Waals surface area contributed by atoms with Crippen LogP contribution in [0.25, 0.3) is 0 Å². The predicted octanol–water partition coefficient (Wildman–Crippen LogP) is 0.940. The molecule has 0 bridgehead atoms. The molecule has 24 heavy (non-hydrogen) atoms. The lowest BCUT2D eigenvalue weighted by Gasteiger charge is -2.26. The fraction of sp³-hybridized carbons (Fsp3) is 0.444. The van der Waals surface area contributed by atoms with Crippen LogP contribution in [0.4, 0.5) is 0 Å². The standard InChI is InChI=1S/C18H24N4O2/c1-15-3-2-4-16(11-15)13-20-14-17(12-19)18(23)21-5-6-22-7-9-24-10-8-22/h2-4,11,14,20H,5-10,13H2,1H3,(H,21,23)/b17-14-. The smallest absolute Gasteiger partial charge is 0.263 e. The quantitative estimate of drug-likeness (QED) is 0.575.